The molecule has 0 aliphatic carbocycles. The van der Waals surface area contributed by atoms with E-state index in [0.717, 1.165) is 32.4 Å². The Morgan fingerprint density at radius 1 is 1.09 bits per heavy atom. The van der Waals surface area contributed by atoms with E-state index in [0.29, 0.717) is 18.9 Å². The number of rotatable bonds is 6. The van der Waals surface area contributed by atoms with Gasteiger partial charge in [0.2, 0.25) is 5.91 Å². The van der Waals surface area contributed by atoms with Gasteiger partial charge in [-0.25, -0.2) is 0 Å². The van der Waals surface area contributed by atoms with E-state index < -0.39 is 0 Å². The lowest BCUT2D eigenvalue weighted by atomic mass is 9.76. The van der Waals surface area contributed by atoms with Gasteiger partial charge in [-0.1, -0.05) is 27.2 Å². The molecule has 0 aromatic heterocycles. The highest BCUT2D eigenvalue weighted by Gasteiger charge is 2.37. The maximum absolute atomic E-state index is 12.0. The molecule has 5 nitrogen and oxygen atoms in total. The van der Waals surface area contributed by atoms with Crippen molar-refractivity contribution in [2.75, 3.05) is 19.6 Å². The zero-order chi connectivity index (χ0) is 16.3. The first kappa shape index (κ1) is 16.7. The van der Waals surface area contributed by atoms with Crippen LogP contribution in [-0.4, -0.2) is 47.2 Å². The first-order valence-electron chi connectivity index (χ1n) is 8.10. The molecule has 0 N–H and O–H groups in total. The third-order valence-corrected chi connectivity index (χ3v) is 4.63. The van der Waals surface area contributed by atoms with E-state index in [1.54, 1.807) is 0 Å². The highest BCUT2D eigenvalue weighted by molar-refractivity contribution is 6.12. The van der Waals surface area contributed by atoms with Crippen molar-refractivity contribution in [2.24, 2.45) is 11.3 Å². The molecule has 0 spiro atoms. The van der Waals surface area contributed by atoms with Crippen molar-refractivity contribution < 1.29 is 14.4 Å². The van der Waals surface area contributed by atoms with Crippen LogP contribution in [0.2, 0.25) is 0 Å². The van der Waals surface area contributed by atoms with Gasteiger partial charge in [-0.15, -0.1) is 0 Å². The Kier molecular flexibility index (Phi) is 5.04. The van der Waals surface area contributed by atoms with Crippen LogP contribution in [-0.2, 0) is 14.4 Å². The molecule has 0 aromatic rings. The molecule has 0 aromatic carbocycles. The van der Waals surface area contributed by atoms with E-state index in [9.17, 15) is 14.4 Å². The summed E-state index contributed by atoms with van der Waals surface area (Å²) in [5, 5.41) is 0. The fourth-order valence-corrected chi connectivity index (χ4v) is 2.76. The molecule has 1 fully saturated rings. The molecule has 0 unspecified atom stereocenters. The topological polar surface area (TPSA) is 57.7 Å². The molecule has 2 aliphatic rings. The van der Waals surface area contributed by atoms with Crippen molar-refractivity contribution in [1.82, 2.24) is 9.80 Å². The highest BCUT2D eigenvalue weighted by Crippen LogP contribution is 2.33. The van der Waals surface area contributed by atoms with Gasteiger partial charge >= 0.3 is 0 Å². The molecule has 5 heteroatoms. The summed E-state index contributed by atoms with van der Waals surface area (Å²) in [4.78, 5) is 37.9. The molecule has 122 valence electrons. The zero-order valence-corrected chi connectivity index (χ0v) is 13.8. The highest BCUT2D eigenvalue weighted by atomic mass is 16.2. The normalized spacial score (nSPS) is 19.0. The SMILES string of the molecule is CC(C)(C)C1CN(C(=O)CCCCCN2C(=O)C=CC2=O)C1. The molecular weight excluding hydrogens is 280 g/mol. The number of amides is 3. The molecule has 3 amide bonds. The number of unbranched alkanes of at least 4 members (excludes halogenated alkanes) is 2. The summed E-state index contributed by atoms with van der Waals surface area (Å²) >= 11 is 0. The van der Waals surface area contributed by atoms with Crippen LogP contribution in [0.4, 0.5) is 0 Å². The van der Waals surface area contributed by atoms with Crippen molar-refractivity contribution in [3.63, 3.8) is 0 Å². The van der Waals surface area contributed by atoms with Crippen molar-refractivity contribution >= 4 is 17.7 Å². The monoisotopic (exact) mass is 306 g/mol. The van der Waals surface area contributed by atoms with Crippen LogP contribution in [0.3, 0.4) is 0 Å². The van der Waals surface area contributed by atoms with E-state index in [1.165, 1.54) is 17.1 Å². The van der Waals surface area contributed by atoms with Crippen LogP contribution in [0, 0.1) is 11.3 Å². The summed E-state index contributed by atoms with van der Waals surface area (Å²) in [6.45, 7) is 8.87. The van der Waals surface area contributed by atoms with Crippen LogP contribution < -0.4 is 0 Å². The minimum atomic E-state index is -0.227. The number of likely N-dealkylation sites (tertiary alicyclic amines) is 1. The zero-order valence-electron chi connectivity index (χ0n) is 13.8. The maximum Gasteiger partial charge on any atom is 0.253 e. The van der Waals surface area contributed by atoms with Crippen LogP contribution >= 0.6 is 0 Å². The van der Waals surface area contributed by atoms with Crippen LogP contribution in [0.1, 0.15) is 46.5 Å². The minimum absolute atomic E-state index is 0.227. The van der Waals surface area contributed by atoms with Gasteiger partial charge in [0.1, 0.15) is 0 Å². The van der Waals surface area contributed by atoms with Crippen LogP contribution in [0.15, 0.2) is 12.2 Å². The average molecular weight is 306 g/mol. The van der Waals surface area contributed by atoms with E-state index in [4.69, 9.17) is 0 Å². The smallest absolute Gasteiger partial charge is 0.253 e. The molecule has 0 saturated carbocycles. The third kappa shape index (κ3) is 3.96. The molecule has 0 bridgehead atoms. The lowest BCUT2D eigenvalue weighted by Gasteiger charge is -2.46. The summed E-state index contributed by atoms with van der Waals surface area (Å²) in [6, 6.07) is 0. The number of carbonyl (C=O) groups excluding carboxylic acids is 3. The van der Waals surface area contributed by atoms with Crippen LogP contribution in [0.25, 0.3) is 0 Å². The lowest BCUT2D eigenvalue weighted by molar-refractivity contribution is -0.141. The summed E-state index contributed by atoms with van der Waals surface area (Å²) in [5.41, 5.74) is 0.277. The number of nitrogens with zero attached hydrogens (tertiary/aromatic N) is 2. The van der Waals surface area contributed by atoms with Crippen molar-refractivity contribution in [1.29, 1.82) is 0 Å². The van der Waals surface area contributed by atoms with Gasteiger partial charge in [-0.3, -0.25) is 19.3 Å². The molecule has 0 atom stereocenters. The number of imide groups is 1. The molecule has 1 saturated heterocycles. The fourth-order valence-electron chi connectivity index (χ4n) is 2.76. The van der Waals surface area contributed by atoms with Gasteiger partial charge < -0.3 is 4.90 Å². The molecule has 2 aliphatic heterocycles. The van der Waals surface area contributed by atoms with Crippen molar-refractivity contribution in [2.45, 2.75) is 46.5 Å². The second kappa shape index (κ2) is 6.63. The van der Waals surface area contributed by atoms with E-state index >= 15 is 0 Å². The molecule has 2 rings (SSSR count). The molecular formula is C17H26N2O3. The maximum atomic E-state index is 12.0. The van der Waals surface area contributed by atoms with Gasteiger partial charge in [-0.05, 0) is 24.2 Å². The molecule has 0 radical (unpaired) electrons. The summed E-state index contributed by atoms with van der Waals surface area (Å²) < 4.78 is 0. The first-order valence-corrected chi connectivity index (χ1v) is 8.10. The predicted molar refractivity (Wildman–Crippen MR) is 83.9 cm³/mol. The predicted octanol–water partition coefficient (Wildman–Crippen LogP) is 1.98. The lowest BCUT2D eigenvalue weighted by Crippen LogP contribution is -2.54. The Morgan fingerprint density at radius 3 is 2.23 bits per heavy atom. The Hall–Kier alpha value is -1.65. The van der Waals surface area contributed by atoms with Gasteiger partial charge in [-0.2, -0.15) is 0 Å². The molecule has 2 heterocycles. The second-order valence-electron chi connectivity index (χ2n) is 7.33. The van der Waals surface area contributed by atoms with E-state index in [-0.39, 0.29) is 23.1 Å². The standard InChI is InChI=1S/C17H26N2O3/c1-17(2,3)13-11-18(12-13)14(20)7-5-4-6-10-19-15(21)8-9-16(19)22/h8-9,13H,4-7,10-12H2,1-3H3. The number of hydrogen-bond acceptors (Lipinski definition) is 3. The fraction of sp³-hybridized carbons (Fsp3) is 0.706. The van der Waals surface area contributed by atoms with Crippen molar-refractivity contribution in [3.8, 4) is 0 Å². The quantitative estimate of drug-likeness (QED) is 0.557. The molecule has 22 heavy (non-hydrogen) atoms. The Labute approximate surface area is 132 Å². The first-order chi connectivity index (χ1) is 10.3. The Bertz CT molecular complexity index is 467. The largest absolute Gasteiger partial charge is 0.342 e. The second-order valence-corrected chi connectivity index (χ2v) is 7.33. The number of carbonyl (C=O) groups is 3. The van der Waals surface area contributed by atoms with Crippen LogP contribution in [0.5, 0.6) is 0 Å². The van der Waals surface area contributed by atoms with E-state index in [2.05, 4.69) is 20.8 Å². The summed E-state index contributed by atoms with van der Waals surface area (Å²) in [7, 11) is 0. The van der Waals surface area contributed by atoms with Gasteiger partial charge in [0.05, 0.1) is 0 Å². The number of hydrogen-bond donors (Lipinski definition) is 0. The summed E-state index contributed by atoms with van der Waals surface area (Å²) in [6.07, 6.45) is 5.62. The van der Waals surface area contributed by atoms with Crippen molar-refractivity contribution in [3.05, 3.63) is 12.2 Å². The summed E-state index contributed by atoms with van der Waals surface area (Å²) in [5.74, 6) is 0.386. The van der Waals surface area contributed by atoms with Gasteiger partial charge in [0, 0.05) is 38.2 Å². The third-order valence-electron chi connectivity index (χ3n) is 4.63. The average Bonchev–Trinajstić information content (AvgIpc) is 2.66. The van der Waals surface area contributed by atoms with Gasteiger partial charge in [0.25, 0.3) is 11.8 Å². The van der Waals surface area contributed by atoms with Gasteiger partial charge in [0.15, 0.2) is 0 Å². The Morgan fingerprint density at radius 2 is 1.68 bits per heavy atom. The Balaban J connectivity index is 1.55. The minimum Gasteiger partial charge on any atom is -0.342 e. The van der Waals surface area contributed by atoms with E-state index in [1.807, 2.05) is 4.90 Å².